The second-order valence-corrected chi connectivity index (χ2v) is 4.19. The van der Waals surface area contributed by atoms with Crippen LogP contribution in [-0.4, -0.2) is 15.8 Å². The van der Waals surface area contributed by atoms with E-state index in [9.17, 15) is 9.18 Å². The summed E-state index contributed by atoms with van der Waals surface area (Å²) >= 11 is 5.62. The molecule has 1 aromatic carbocycles. The van der Waals surface area contributed by atoms with Gasteiger partial charge in [-0.25, -0.2) is 14.4 Å². The molecule has 0 saturated carbocycles. The first-order chi connectivity index (χ1) is 9.58. The van der Waals surface area contributed by atoms with Crippen LogP contribution < -0.4 is 0 Å². The van der Waals surface area contributed by atoms with Crippen molar-refractivity contribution in [3.05, 3.63) is 58.4 Å². The van der Waals surface area contributed by atoms with E-state index in [0.717, 1.165) is 0 Å². The molecular formula is C15H16ClFN2O. The van der Waals surface area contributed by atoms with Gasteiger partial charge in [-0.1, -0.05) is 26.0 Å². The molecule has 0 unspecified atom stereocenters. The molecular weight excluding hydrogens is 279 g/mol. The summed E-state index contributed by atoms with van der Waals surface area (Å²) in [7, 11) is 0. The molecule has 0 bridgehead atoms. The summed E-state index contributed by atoms with van der Waals surface area (Å²) in [5, 5.41) is 0.0741. The zero-order valence-corrected chi connectivity index (χ0v) is 12.4. The molecule has 2 aromatic rings. The SMILES string of the molecule is CC.Cc1cccc(C(=O)Cc2ccnc(Cl)n2)c1F. The Bertz CT molecular complexity index is 602. The summed E-state index contributed by atoms with van der Waals surface area (Å²) < 4.78 is 13.8. The number of carbonyl (C=O) groups is 1. The first kappa shape index (κ1) is 16.2. The van der Waals surface area contributed by atoms with E-state index < -0.39 is 5.82 Å². The molecule has 3 nitrogen and oxygen atoms in total. The Morgan fingerprint density at radius 2 is 2.00 bits per heavy atom. The maximum Gasteiger partial charge on any atom is 0.222 e. The zero-order valence-electron chi connectivity index (χ0n) is 11.7. The van der Waals surface area contributed by atoms with Crippen molar-refractivity contribution in [3.63, 3.8) is 0 Å². The highest BCUT2D eigenvalue weighted by Gasteiger charge is 2.14. The van der Waals surface area contributed by atoms with Crippen molar-refractivity contribution in [1.29, 1.82) is 0 Å². The molecule has 0 saturated heterocycles. The molecule has 0 N–H and O–H groups in total. The number of carbonyl (C=O) groups excluding carboxylic acids is 1. The average molecular weight is 295 g/mol. The zero-order chi connectivity index (χ0) is 15.1. The van der Waals surface area contributed by atoms with Crippen molar-refractivity contribution in [2.45, 2.75) is 27.2 Å². The van der Waals surface area contributed by atoms with Crippen LogP contribution >= 0.6 is 11.6 Å². The highest BCUT2D eigenvalue weighted by atomic mass is 35.5. The molecule has 1 aromatic heterocycles. The van der Waals surface area contributed by atoms with E-state index in [1.165, 1.54) is 12.3 Å². The minimum atomic E-state index is -0.484. The fraction of sp³-hybridized carbons (Fsp3) is 0.267. The Hall–Kier alpha value is -1.81. The number of benzene rings is 1. The van der Waals surface area contributed by atoms with Crippen LogP contribution in [0, 0.1) is 12.7 Å². The van der Waals surface area contributed by atoms with Gasteiger partial charge in [-0.3, -0.25) is 4.79 Å². The van der Waals surface area contributed by atoms with E-state index in [2.05, 4.69) is 9.97 Å². The number of nitrogens with zero attached hydrogens (tertiary/aromatic N) is 2. The maximum absolute atomic E-state index is 13.8. The molecule has 0 atom stereocenters. The van der Waals surface area contributed by atoms with Crippen molar-refractivity contribution in [3.8, 4) is 0 Å². The second kappa shape index (κ2) is 7.70. The van der Waals surface area contributed by atoms with Gasteiger partial charge in [0.15, 0.2) is 5.78 Å². The number of Topliss-reactive ketones (excluding diaryl/α,β-unsaturated/α-hetero) is 1. The highest BCUT2D eigenvalue weighted by Crippen LogP contribution is 2.14. The first-order valence-electron chi connectivity index (χ1n) is 6.33. The molecule has 20 heavy (non-hydrogen) atoms. The van der Waals surface area contributed by atoms with Crippen LogP contribution in [-0.2, 0) is 6.42 Å². The minimum absolute atomic E-state index is 0.00259. The molecule has 0 aliphatic rings. The predicted octanol–water partition coefficient (Wildman–Crippen LogP) is 4.03. The molecule has 0 spiro atoms. The number of rotatable bonds is 3. The van der Waals surface area contributed by atoms with E-state index >= 15 is 0 Å². The van der Waals surface area contributed by atoms with Gasteiger partial charge < -0.3 is 0 Å². The third-order valence-electron chi connectivity index (χ3n) is 2.52. The van der Waals surface area contributed by atoms with Gasteiger partial charge >= 0.3 is 0 Å². The summed E-state index contributed by atoms with van der Waals surface area (Å²) in [6.07, 6.45) is 1.47. The number of hydrogen-bond donors (Lipinski definition) is 0. The lowest BCUT2D eigenvalue weighted by Gasteiger charge is -2.04. The molecule has 2 rings (SSSR count). The van der Waals surface area contributed by atoms with Crippen LogP contribution in [0.15, 0.2) is 30.5 Å². The molecule has 0 aliphatic heterocycles. The lowest BCUT2D eigenvalue weighted by molar-refractivity contribution is 0.0988. The van der Waals surface area contributed by atoms with Crippen LogP contribution in [0.4, 0.5) is 4.39 Å². The van der Waals surface area contributed by atoms with Gasteiger partial charge in [0.2, 0.25) is 5.28 Å². The van der Waals surface area contributed by atoms with Crippen LogP contribution in [0.25, 0.3) is 0 Å². The molecule has 0 aliphatic carbocycles. The molecule has 5 heteroatoms. The molecule has 106 valence electrons. The normalized spacial score (nSPS) is 9.65. The van der Waals surface area contributed by atoms with Gasteiger partial charge in [-0.2, -0.15) is 0 Å². The van der Waals surface area contributed by atoms with Crippen molar-refractivity contribution in [1.82, 2.24) is 9.97 Å². The monoisotopic (exact) mass is 294 g/mol. The van der Waals surface area contributed by atoms with Crippen molar-refractivity contribution in [2.24, 2.45) is 0 Å². The van der Waals surface area contributed by atoms with Crippen LogP contribution in [0.5, 0.6) is 0 Å². The Labute approximate surface area is 122 Å². The van der Waals surface area contributed by atoms with Crippen molar-refractivity contribution >= 4 is 17.4 Å². The highest BCUT2D eigenvalue weighted by molar-refractivity contribution is 6.28. The van der Waals surface area contributed by atoms with Gasteiger partial charge in [0.1, 0.15) is 5.82 Å². The summed E-state index contributed by atoms with van der Waals surface area (Å²) in [4.78, 5) is 19.6. The van der Waals surface area contributed by atoms with Gasteiger partial charge in [-0.05, 0) is 36.2 Å². The standard InChI is InChI=1S/C13H10ClFN2O.C2H6/c1-8-3-2-4-10(12(8)15)11(18)7-9-5-6-16-13(14)17-9;1-2/h2-6H,7H2,1H3;1-2H3. The van der Waals surface area contributed by atoms with Crippen LogP contribution in [0.2, 0.25) is 5.28 Å². The quantitative estimate of drug-likeness (QED) is 0.634. The number of aryl methyl sites for hydroxylation is 1. The second-order valence-electron chi connectivity index (χ2n) is 3.85. The lowest BCUT2D eigenvalue weighted by atomic mass is 10.0. The van der Waals surface area contributed by atoms with E-state index in [0.29, 0.717) is 11.3 Å². The molecule has 0 radical (unpaired) electrons. The van der Waals surface area contributed by atoms with Crippen molar-refractivity contribution < 1.29 is 9.18 Å². The van der Waals surface area contributed by atoms with E-state index in [1.54, 1.807) is 25.1 Å². The summed E-state index contributed by atoms with van der Waals surface area (Å²) in [6, 6.07) is 6.32. The topological polar surface area (TPSA) is 42.9 Å². The van der Waals surface area contributed by atoms with Gasteiger partial charge in [0, 0.05) is 6.20 Å². The summed E-state index contributed by atoms with van der Waals surface area (Å²) in [5.41, 5.74) is 0.993. The third kappa shape index (κ3) is 4.10. The third-order valence-corrected chi connectivity index (χ3v) is 2.70. The van der Waals surface area contributed by atoms with Crippen molar-refractivity contribution in [2.75, 3.05) is 0 Å². The molecule has 0 fully saturated rings. The van der Waals surface area contributed by atoms with Crippen LogP contribution in [0.1, 0.15) is 35.5 Å². The molecule has 1 heterocycles. The number of ketones is 1. The Morgan fingerprint density at radius 3 is 2.65 bits per heavy atom. The Balaban J connectivity index is 0.000000956. The maximum atomic E-state index is 13.8. The summed E-state index contributed by atoms with van der Waals surface area (Å²) in [5.74, 6) is -0.811. The van der Waals surface area contributed by atoms with E-state index in [1.807, 2.05) is 13.8 Å². The minimum Gasteiger partial charge on any atom is -0.294 e. The lowest BCUT2D eigenvalue weighted by Crippen LogP contribution is -2.08. The summed E-state index contributed by atoms with van der Waals surface area (Å²) in [6.45, 7) is 5.62. The van der Waals surface area contributed by atoms with E-state index in [-0.39, 0.29) is 23.1 Å². The average Bonchev–Trinajstić information content (AvgIpc) is 2.44. The van der Waals surface area contributed by atoms with Gasteiger partial charge in [0.25, 0.3) is 0 Å². The number of halogens is 2. The largest absolute Gasteiger partial charge is 0.294 e. The van der Waals surface area contributed by atoms with E-state index in [4.69, 9.17) is 11.6 Å². The molecule has 0 amide bonds. The predicted molar refractivity (Wildman–Crippen MR) is 77.6 cm³/mol. The fourth-order valence-corrected chi connectivity index (χ4v) is 1.76. The Morgan fingerprint density at radius 1 is 1.30 bits per heavy atom. The Kier molecular flexibility index (Phi) is 6.25. The van der Waals surface area contributed by atoms with Gasteiger partial charge in [0.05, 0.1) is 17.7 Å². The van der Waals surface area contributed by atoms with Crippen LogP contribution in [0.3, 0.4) is 0 Å². The smallest absolute Gasteiger partial charge is 0.222 e. The fourth-order valence-electron chi connectivity index (χ4n) is 1.59. The van der Waals surface area contributed by atoms with Gasteiger partial charge in [-0.15, -0.1) is 0 Å². The number of aromatic nitrogens is 2. The number of hydrogen-bond acceptors (Lipinski definition) is 3. The first-order valence-corrected chi connectivity index (χ1v) is 6.71.